The second-order valence-corrected chi connectivity index (χ2v) is 5.98. The van der Waals surface area contributed by atoms with Crippen molar-refractivity contribution in [3.05, 3.63) is 71.8 Å². The number of furan rings is 1. The minimum absolute atomic E-state index is 0.233. The number of allylic oxidation sites excluding steroid dienone is 1. The van der Waals surface area contributed by atoms with E-state index < -0.39 is 0 Å². The number of benzene rings is 1. The monoisotopic (exact) mass is 331 g/mol. The molecule has 1 amide bonds. The molecule has 1 aliphatic rings. The predicted molar refractivity (Wildman–Crippen MR) is 97.4 cm³/mol. The van der Waals surface area contributed by atoms with Crippen LogP contribution in [0.2, 0.25) is 0 Å². The fraction of sp³-hybridized carbons (Fsp3) is 0.150. The number of hydrogen-bond acceptors (Lipinski definition) is 4. The Morgan fingerprint density at radius 1 is 1.24 bits per heavy atom. The van der Waals surface area contributed by atoms with Crippen LogP contribution in [0.15, 0.2) is 64.3 Å². The average Bonchev–Trinajstić information content (AvgIpc) is 3.37. The van der Waals surface area contributed by atoms with Crippen LogP contribution in [0, 0.1) is 0 Å². The first kappa shape index (κ1) is 15.3. The molecule has 1 saturated carbocycles. The lowest BCUT2D eigenvalue weighted by Gasteiger charge is -2.07. The van der Waals surface area contributed by atoms with E-state index in [1.165, 1.54) is 6.21 Å². The molecule has 1 fully saturated rings. The summed E-state index contributed by atoms with van der Waals surface area (Å²) >= 11 is 0. The molecule has 0 saturated heterocycles. The number of rotatable bonds is 5. The Kier molecular flexibility index (Phi) is 4.12. The lowest BCUT2D eigenvalue weighted by molar-refractivity contribution is 0.0956. The van der Waals surface area contributed by atoms with Crippen molar-refractivity contribution in [3.8, 4) is 0 Å². The number of carbonyl (C=O) groups is 1. The van der Waals surface area contributed by atoms with E-state index in [0.29, 0.717) is 11.5 Å². The third-order valence-corrected chi connectivity index (χ3v) is 4.11. The number of aromatic nitrogens is 1. The zero-order valence-electron chi connectivity index (χ0n) is 13.6. The van der Waals surface area contributed by atoms with Gasteiger partial charge in [0.25, 0.3) is 5.91 Å². The maximum atomic E-state index is 12.6. The molecule has 4 rings (SSSR count). The third kappa shape index (κ3) is 3.50. The van der Waals surface area contributed by atoms with Crippen LogP contribution in [0.25, 0.3) is 17.0 Å². The highest BCUT2D eigenvalue weighted by atomic mass is 16.3. The van der Waals surface area contributed by atoms with Gasteiger partial charge in [0.05, 0.1) is 17.3 Å². The highest BCUT2D eigenvalue weighted by molar-refractivity contribution is 6.06. The van der Waals surface area contributed by atoms with Gasteiger partial charge < -0.3 is 4.42 Å². The van der Waals surface area contributed by atoms with E-state index in [2.05, 4.69) is 15.5 Å². The lowest BCUT2D eigenvalue weighted by Crippen LogP contribution is -2.18. The van der Waals surface area contributed by atoms with Crippen molar-refractivity contribution in [2.75, 3.05) is 0 Å². The molecule has 0 aliphatic heterocycles. The first-order chi connectivity index (χ1) is 12.3. The Labute approximate surface area is 145 Å². The van der Waals surface area contributed by atoms with Gasteiger partial charge in [-0.15, -0.1) is 0 Å². The first-order valence-electron chi connectivity index (χ1n) is 8.24. The number of pyridine rings is 1. The van der Waals surface area contributed by atoms with Gasteiger partial charge in [-0.3, -0.25) is 9.78 Å². The Hall–Kier alpha value is -3.21. The van der Waals surface area contributed by atoms with Crippen LogP contribution in [0.3, 0.4) is 0 Å². The minimum Gasteiger partial charge on any atom is -0.465 e. The van der Waals surface area contributed by atoms with Crippen molar-refractivity contribution in [1.29, 1.82) is 0 Å². The molecule has 1 aliphatic carbocycles. The SMILES string of the molecule is O=C(NN=C/C=C/c1ccco1)c1cc(C2CC2)nc2ccccc12. The molecule has 0 bridgehead atoms. The maximum absolute atomic E-state index is 12.6. The standard InChI is InChI=1S/C20H17N3O2/c24-20(23-21-11-3-5-15-6-4-12-25-15)17-13-19(14-9-10-14)22-18-8-2-1-7-16(17)18/h1-8,11-14H,9-10H2,(H,23,24)/b5-3+,21-11?. The molecule has 2 heterocycles. The van der Waals surface area contributed by atoms with Gasteiger partial charge in [-0.2, -0.15) is 5.10 Å². The summed E-state index contributed by atoms with van der Waals surface area (Å²) in [6.45, 7) is 0. The fourth-order valence-electron chi connectivity index (χ4n) is 2.70. The van der Waals surface area contributed by atoms with Crippen LogP contribution < -0.4 is 5.43 Å². The Balaban J connectivity index is 1.53. The number of amides is 1. The van der Waals surface area contributed by atoms with E-state index in [0.717, 1.165) is 35.2 Å². The smallest absolute Gasteiger partial charge is 0.272 e. The third-order valence-electron chi connectivity index (χ3n) is 4.11. The molecular formula is C20H17N3O2. The number of carbonyl (C=O) groups excluding carboxylic acids is 1. The summed E-state index contributed by atoms with van der Waals surface area (Å²) in [5, 5.41) is 4.81. The van der Waals surface area contributed by atoms with Crippen molar-refractivity contribution >= 4 is 29.1 Å². The zero-order chi connectivity index (χ0) is 17.1. The summed E-state index contributed by atoms with van der Waals surface area (Å²) in [6.07, 6.45) is 8.88. The Morgan fingerprint density at radius 3 is 2.92 bits per heavy atom. The van der Waals surface area contributed by atoms with Crippen LogP contribution in [-0.2, 0) is 0 Å². The van der Waals surface area contributed by atoms with Gasteiger partial charge in [0.2, 0.25) is 0 Å². The number of fused-ring (bicyclic) bond motifs is 1. The predicted octanol–water partition coefficient (Wildman–Crippen LogP) is 4.13. The molecule has 1 aromatic carbocycles. The second-order valence-electron chi connectivity index (χ2n) is 5.98. The molecule has 2 aromatic heterocycles. The summed E-state index contributed by atoms with van der Waals surface area (Å²) in [6, 6.07) is 13.2. The number of hydrogen-bond donors (Lipinski definition) is 1. The van der Waals surface area contributed by atoms with Crippen LogP contribution in [-0.4, -0.2) is 17.1 Å². The maximum Gasteiger partial charge on any atom is 0.272 e. The van der Waals surface area contributed by atoms with E-state index in [-0.39, 0.29) is 5.91 Å². The Morgan fingerprint density at radius 2 is 2.12 bits per heavy atom. The van der Waals surface area contributed by atoms with Gasteiger partial charge in [-0.25, -0.2) is 5.43 Å². The summed E-state index contributed by atoms with van der Waals surface area (Å²) in [7, 11) is 0. The molecule has 3 aromatic rings. The molecule has 5 heteroatoms. The van der Waals surface area contributed by atoms with Crippen molar-refractivity contribution in [3.63, 3.8) is 0 Å². The van der Waals surface area contributed by atoms with E-state index in [9.17, 15) is 4.79 Å². The van der Waals surface area contributed by atoms with Crippen LogP contribution in [0.4, 0.5) is 0 Å². The number of para-hydroxylation sites is 1. The van der Waals surface area contributed by atoms with Gasteiger partial charge in [0, 0.05) is 23.2 Å². The number of hydrazone groups is 1. The topological polar surface area (TPSA) is 67.5 Å². The molecule has 0 unspecified atom stereocenters. The highest BCUT2D eigenvalue weighted by Crippen LogP contribution is 2.40. The second kappa shape index (κ2) is 6.73. The van der Waals surface area contributed by atoms with Gasteiger partial charge in [-0.1, -0.05) is 18.2 Å². The van der Waals surface area contributed by atoms with E-state index >= 15 is 0 Å². The number of nitrogens with zero attached hydrogens (tertiary/aromatic N) is 2. The van der Waals surface area contributed by atoms with Crippen molar-refractivity contribution < 1.29 is 9.21 Å². The molecule has 0 radical (unpaired) electrons. The van der Waals surface area contributed by atoms with Crippen LogP contribution >= 0.6 is 0 Å². The molecule has 5 nitrogen and oxygen atoms in total. The quantitative estimate of drug-likeness (QED) is 0.564. The van der Waals surface area contributed by atoms with Gasteiger partial charge in [0.15, 0.2) is 0 Å². The van der Waals surface area contributed by atoms with Crippen LogP contribution in [0.5, 0.6) is 0 Å². The number of nitrogens with one attached hydrogen (secondary N) is 1. The Bertz CT molecular complexity index is 954. The first-order valence-corrected chi connectivity index (χ1v) is 8.24. The average molecular weight is 331 g/mol. The van der Waals surface area contributed by atoms with Gasteiger partial charge in [0.1, 0.15) is 5.76 Å². The van der Waals surface area contributed by atoms with E-state index in [4.69, 9.17) is 4.42 Å². The molecule has 0 atom stereocenters. The van der Waals surface area contributed by atoms with Gasteiger partial charge >= 0.3 is 0 Å². The fourth-order valence-corrected chi connectivity index (χ4v) is 2.70. The molecule has 124 valence electrons. The highest BCUT2D eigenvalue weighted by Gasteiger charge is 2.26. The summed E-state index contributed by atoms with van der Waals surface area (Å²) < 4.78 is 5.18. The lowest BCUT2D eigenvalue weighted by atomic mass is 10.1. The molecular weight excluding hydrogens is 314 g/mol. The van der Waals surface area contributed by atoms with E-state index in [1.54, 1.807) is 18.4 Å². The summed E-state index contributed by atoms with van der Waals surface area (Å²) in [5.41, 5.74) is 5.03. The minimum atomic E-state index is -0.233. The van der Waals surface area contributed by atoms with E-state index in [1.807, 2.05) is 42.5 Å². The van der Waals surface area contributed by atoms with Crippen molar-refractivity contribution in [1.82, 2.24) is 10.4 Å². The molecule has 25 heavy (non-hydrogen) atoms. The summed E-state index contributed by atoms with van der Waals surface area (Å²) in [4.78, 5) is 17.2. The van der Waals surface area contributed by atoms with Crippen molar-refractivity contribution in [2.45, 2.75) is 18.8 Å². The van der Waals surface area contributed by atoms with Gasteiger partial charge in [-0.05, 0) is 49.3 Å². The van der Waals surface area contributed by atoms with Crippen LogP contribution in [0.1, 0.15) is 40.6 Å². The normalized spacial score (nSPS) is 14.6. The molecule has 0 spiro atoms. The molecule has 1 N–H and O–H groups in total. The zero-order valence-corrected chi connectivity index (χ0v) is 13.6. The summed E-state index contributed by atoms with van der Waals surface area (Å²) in [5.74, 6) is 0.978. The largest absolute Gasteiger partial charge is 0.465 e. The van der Waals surface area contributed by atoms with Crippen molar-refractivity contribution in [2.24, 2.45) is 5.10 Å².